The van der Waals surface area contributed by atoms with E-state index in [0.29, 0.717) is 16.1 Å². The molecule has 1 atom stereocenters. The van der Waals surface area contributed by atoms with Crippen LogP contribution in [0.1, 0.15) is 19.8 Å². The molecule has 0 radical (unpaired) electrons. The zero-order chi connectivity index (χ0) is 18.7. The molecule has 0 saturated heterocycles. The van der Waals surface area contributed by atoms with Crippen LogP contribution in [0, 0.1) is 0 Å². The summed E-state index contributed by atoms with van der Waals surface area (Å²) in [6.07, 6.45) is -2.48. The van der Waals surface area contributed by atoms with Crippen molar-refractivity contribution in [2.75, 3.05) is 10.6 Å². The Hall–Kier alpha value is -2.01. The molecule has 3 rings (SSSR count). The Bertz CT molecular complexity index is 763. The quantitative estimate of drug-likeness (QED) is 0.676. The van der Waals surface area contributed by atoms with Gasteiger partial charge < -0.3 is 15.4 Å². The van der Waals surface area contributed by atoms with Crippen LogP contribution in [0.2, 0.25) is 0 Å². The van der Waals surface area contributed by atoms with Gasteiger partial charge in [0.25, 0.3) is 0 Å². The molecule has 1 saturated carbocycles. The van der Waals surface area contributed by atoms with Crippen LogP contribution in [0.5, 0.6) is 5.75 Å². The number of hydrogen-bond donors (Lipinski definition) is 2. The lowest BCUT2D eigenvalue weighted by Crippen LogP contribution is -2.22. The minimum atomic E-state index is -4.75. The third kappa shape index (κ3) is 5.77. The van der Waals surface area contributed by atoms with E-state index in [4.69, 9.17) is 0 Å². The molecule has 140 valence electrons. The number of benzene rings is 1. The number of anilines is 2. The first-order valence-electron chi connectivity index (χ1n) is 7.72. The number of carbonyl (C=O) groups is 1. The molecule has 1 aliphatic rings. The number of halogens is 3. The van der Waals surface area contributed by atoms with Gasteiger partial charge in [0.2, 0.25) is 11.0 Å². The third-order valence-electron chi connectivity index (χ3n) is 3.31. The van der Waals surface area contributed by atoms with Crippen LogP contribution in [0.15, 0.2) is 28.6 Å². The lowest BCUT2D eigenvalue weighted by Gasteiger charge is -2.12. The van der Waals surface area contributed by atoms with Gasteiger partial charge in [-0.1, -0.05) is 23.1 Å². The lowest BCUT2D eigenvalue weighted by atomic mass is 10.3. The van der Waals surface area contributed by atoms with E-state index < -0.39 is 11.6 Å². The SMILES string of the molecule is CC(Sc1nnc(NC2CC2)s1)C(=O)Nc1ccc(OC(F)(F)F)cc1. The molecule has 1 amide bonds. The molecular formula is C15H15F3N4O2S2. The van der Waals surface area contributed by atoms with Crippen LogP contribution < -0.4 is 15.4 Å². The van der Waals surface area contributed by atoms with E-state index >= 15 is 0 Å². The Morgan fingerprint density at radius 2 is 2.00 bits per heavy atom. The van der Waals surface area contributed by atoms with Gasteiger partial charge in [0.05, 0.1) is 5.25 Å². The number of ether oxygens (including phenoxy) is 1. The van der Waals surface area contributed by atoms with Crippen LogP contribution in [-0.4, -0.2) is 33.8 Å². The molecule has 0 aliphatic heterocycles. The van der Waals surface area contributed by atoms with Gasteiger partial charge in [-0.3, -0.25) is 4.79 Å². The summed E-state index contributed by atoms with van der Waals surface area (Å²) in [5.41, 5.74) is 0.380. The molecule has 1 aromatic heterocycles. The van der Waals surface area contributed by atoms with Crippen LogP contribution in [-0.2, 0) is 4.79 Å². The van der Waals surface area contributed by atoms with Gasteiger partial charge in [-0.2, -0.15) is 0 Å². The molecule has 1 aliphatic carbocycles. The summed E-state index contributed by atoms with van der Waals surface area (Å²) in [4.78, 5) is 12.2. The smallest absolute Gasteiger partial charge is 0.406 e. The van der Waals surface area contributed by atoms with E-state index in [1.165, 1.54) is 35.2 Å². The molecule has 2 N–H and O–H groups in total. The minimum Gasteiger partial charge on any atom is -0.406 e. The predicted molar refractivity (Wildman–Crippen MR) is 93.6 cm³/mol. The molecule has 6 nitrogen and oxygen atoms in total. The van der Waals surface area contributed by atoms with E-state index in [1.54, 1.807) is 6.92 Å². The van der Waals surface area contributed by atoms with Crippen molar-refractivity contribution < 1.29 is 22.7 Å². The maximum Gasteiger partial charge on any atom is 0.573 e. The molecular weight excluding hydrogens is 389 g/mol. The Morgan fingerprint density at radius 3 is 2.62 bits per heavy atom. The van der Waals surface area contributed by atoms with Crippen LogP contribution in [0.25, 0.3) is 0 Å². The van der Waals surface area contributed by atoms with Gasteiger partial charge in [0, 0.05) is 11.7 Å². The van der Waals surface area contributed by atoms with Crippen molar-refractivity contribution in [3.8, 4) is 5.75 Å². The fourth-order valence-electron chi connectivity index (χ4n) is 1.91. The maximum atomic E-state index is 12.2. The number of amides is 1. The van der Waals surface area contributed by atoms with Crippen molar-refractivity contribution in [2.45, 2.75) is 41.8 Å². The second-order valence-electron chi connectivity index (χ2n) is 5.61. The highest BCUT2D eigenvalue weighted by atomic mass is 32.2. The lowest BCUT2D eigenvalue weighted by molar-refractivity contribution is -0.274. The van der Waals surface area contributed by atoms with Gasteiger partial charge in [-0.05, 0) is 44.0 Å². The van der Waals surface area contributed by atoms with E-state index in [0.717, 1.165) is 30.1 Å². The summed E-state index contributed by atoms with van der Waals surface area (Å²) in [6, 6.07) is 5.45. The summed E-state index contributed by atoms with van der Waals surface area (Å²) < 4.78 is 40.8. The van der Waals surface area contributed by atoms with Crippen LogP contribution >= 0.6 is 23.1 Å². The largest absolute Gasteiger partial charge is 0.573 e. The Labute approximate surface area is 155 Å². The van der Waals surface area contributed by atoms with E-state index in [-0.39, 0.29) is 11.7 Å². The monoisotopic (exact) mass is 404 g/mol. The molecule has 1 fully saturated rings. The van der Waals surface area contributed by atoms with Gasteiger partial charge in [0.1, 0.15) is 5.75 Å². The van der Waals surface area contributed by atoms with Gasteiger partial charge >= 0.3 is 6.36 Å². The molecule has 11 heteroatoms. The second-order valence-corrected chi connectivity index (χ2v) is 8.18. The average molecular weight is 404 g/mol. The Kier molecular flexibility index (Phi) is 5.56. The topological polar surface area (TPSA) is 76.1 Å². The van der Waals surface area contributed by atoms with E-state index in [9.17, 15) is 18.0 Å². The van der Waals surface area contributed by atoms with Crippen molar-refractivity contribution >= 4 is 39.8 Å². The summed E-state index contributed by atoms with van der Waals surface area (Å²) in [5, 5.41) is 14.2. The third-order valence-corrected chi connectivity index (χ3v) is 5.35. The zero-order valence-corrected chi connectivity index (χ0v) is 15.2. The number of hydrogen-bond acceptors (Lipinski definition) is 7. The first kappa shape index (κ1) is 18.8. The van der Waals surface area contributed by atoms with Crippen LogP contribution in [0.4, 0.5) is 24.0 Å². The van der Waals surface area contributed by atoms with Crippen molar-refractivity contribution in [3.05, 3.63) is 24.3 Å². The second kappa shape index (κ2) is 7.70. The summed E-state index contributed by atoms with van der Waals surface area (Å²) in [5.74, 6) is -0.631. The number of alkyl halides is 3. The van der Waals surface area contributed by atoms with Gasteiger partial charge in [0.15, 0.2) is 4.34 Å². The maximum absolute atomic E-state index is 12.2. The fraction of sp³-hybridized carbons (Fsp3) is 0.400. The molecule has 1 unspecified atom stereocenters. The van der Waals surface area contributed by atoms with E-state index in [1.807, 2.05) is 0 Å². The van der Waals surface area contributed by atoms with Crippen LogP contribution in [0.3, 0.4) is 0 Å². The van der Waals surface area contributed by atoms with Gasteiger partial charge in [-0.25, -0.2) is 0 Å². The molecule has 0 spiro atoms. The molecule has 1 aromatic carbocycles. The molecule has 2 aromatic rings. The number of aromatic nitrogens is 2. The molecule has 26 heavy (non-hydrogen) atoms. The highest BCUT2D eigenvalue weighted by molar-refractivity contribution is 8.02. The Morgan fingerprint density at radius 1 is 1.31 bits per heavy atom. The molecule has 1 heterocycles. The number of nitrogens with zero attached hydrogens (tertiary/aromatic N) is 2. The predicted octanol–water partition coefficient (Wildman–Crippen LogP) is 4.13. The van der Waals surface area contributed by atoms with Gasteiger partial charge in [-0.15, -0.1) is 23.4 Å². The number of rotatable bonds is 7. The van der Waals surface area contributed by atoms with Crippen molar-refractivity contribution in [1.29, 1.82) is 0 Å². The van der Waals surface area contributed by atoms with Crippen molar-refractivity contribution in [3.63, 3.8) is 0 Å². The van der Waals surface area contributed by atoms with E-state index in [2.05, 4.69) is 25.6 Å². The number of carbonyl (C=O) groups excluding carboxylic acids is 1. The minimum absolute atomic E-state index is 0.286. The van der Waals surface area contributed by atoms with Crippen molar-refractivity contribution in [1.82, 2.24) is 10.2 Å². The first-order chi connectivity index (χ1) is 12.3. The fourth-order valence-corrected chi connectivity index (χ4v) is 3.88. The normalized spacial score (nSPS) is 15.4. The summed E-state index contributed by atoms with van der Waals surface area (Å²) in [7, 11) is 0. The summed E-state index contributed by atoms with van der Waals surface area (Å²) >= 11 is 2.66. The molecule has 0 bridgehead atoms. The first-order valence-corrected chi connectivity index (χ1v) is 9.41. The highest BCUT2D eigenvalue weighted by Gasteiger charge is 2.31. The zero-order valence-electron chi connectivity index (χ0n) is 13.5. The van der Waals surface area contributed by atoms with Crippen molar-refractivity contribution in [2.24, 2.45) is 0 Å². The number of nitrogens with one attached hydrogen (secondary N) is 2. The number of thioether (sulfide) groups is 1. The Balaban J connectivity index is 1.51. The summed E-state index contributed by atoms with van der Waals surface area (Å²) in [6.45, 7) is 1.72. The average Bonchev–Trinajstić information content (AvgIpc) is 3.26. The standard InChI is InChI=1S/C15H15F3N4O2S2/c1-8(25-14-22-21-13(26-14)20-10-2-3-10)12(23)19-9-4-6-11(7-5-9)24-15(16,17)18/h4-8,10H,2-3H2,1H3,(H,19,23)(H,20,21). The highest BCUT2D eigenvalue weighted by Crippen LogP contribution is 2.32.